The maximum atomic E-state index is 13.7. The largest absolute Gasteiger partial charge is 0.339 e. The van der Waals surface area contributed by atoms with Crippen molar-refractivity contribution in [2.75, 3.05) is 18.4 Å². The van der Waals surface area contributed by atoms with E-state index < -0.39 is 20.5 Å². The second-order valence-electron chi connectivity index (χ2n) is 9.00. The van der Waals surface area contributed by atoms with Crippen LogP contribution < -0.4 is 5.32 Å². The molecular formula is C25H30N2O4S. The van der Waals surface area contributed by atoms with Crippen LogP contribution in [0.3, 0.4) is 0 Å². The summed E-state index contributed by atoms with van der Waals surface area (Å²) in [5.74, 6) is -0.500. The van der Waals surface area contributed by atoms with Gasteiger partial charge in [-0.25, -0.2) is 8.42 Å². The molecule has 0 unspecified atom stereocenters. The summed E-state index contributed by atoms with van der Waals surface area (Å²) < 4.78 is 26.0. The van der Waals surface area contributed by atoms with E-state index in [-0.39, 0.29) is 10.8 Å². The Bertz CT molecular complexity index is 1130. The van der Waals surface area contributed by atoms with Gasteiger partial charge in [-0.15, -0.1) is 0 Å². The van der Waals surface area contributed by atoms with Crippen LogP contribution in [0.5, 0.6) is 0 Å². The van der Waals surface area contributed by atoms with E-state index in [1.54, 1.807) is 43.3 Å². The second-order valence-corrected chi connectivity index (χ2v) is 11.2. The number of sulfone groups is 1. The highest BCUT2D eigenvalue weighted by molar-refractivity contribution is 7.93. The third-order valence-corrected chi connectivity index (χ3v) is 9.40. The number of nitrogens with zero attached hydrogens (tertiary/aromatic N) is 1. The maximum absolute atomic E-state index is 13.7. The Morgan fingerprint density at radius 1 is 0.906 bits per heavy atom. The van der Waals surface area contributed by atoms with Crippen LogP contribution in [0.25, 0.3) is 0 Å². The molecule has 2 aromatic carbocycles. The molecule has 0 radical (unpaired) electrons. The number of hydrogen-bond acceptors (Lipinski definition) is 4. The van der Waals surface area contributed by atoms with Gasteiger partial charge in [-0.2, -0.15) is 0 Å². The predicted octanol–water partition coefficient (Wildman–Crippen LogP) is 4.26. The van der Waals surface area contributed by atoms with Gasteiger partial charge in [0.15, 0.2) is 14.6 Å². The molecule has 2 aromatic rings. The normalized spacial score (nSPS) is 18.0. The summed E-state index contributed by atoms with van der Waals surface area (Å²) in [7, 11) is -3.88. The van der Waals surface area contributed by atoms with E-state index in [0.29, 0.717) is 42.5 Å². The molecule has 2 fully saturated rings. The Labute approximate surface area is 189 Å². The molecule has 1 aliphatic carbocycles. The molecule has 1 aliphatic heterocycles. The van der Waals surface area contributed by atoms with E-state index in [9.17, 15) is 18.0 Å². The zero-order chi connectivity index (χ0) is 22.9. The minimum Gasteiger partial charge on any atom is -0.339 e. The third kappa shape index (κ3) is 3.94. The smallest absolute Gasteiger partial charge is 0.253 e. The third-order valence-electron chi connectivity index (χ3n) is 6.76. The van der Waals surface area contributed by atoms with Crippen molar-refractivity contribution in [2.24, 2.45) is 0 Å². The molecule has 2 aliphatic rings. The SMILES string of the molecule is Cc1ccc(C)c(S(=O)(=O)C2(C(=O)Nc3ccc(C(=O)N4CCCC4)cc3)CCCC2)c1. The minimum absolute atomic E-state index is 0.00913. The van der Waals surface area contributed by atoms with Crippen molar-refractivity contribution in [3.05, 3.63) is 59.2 Å². The fourth-order valence-corrected chi connectivity index (χ4v) is 7.19. The lowest BCUT2D eigenvalue weighted by molar-refractivity contribution is -0.118. The number of nitrogens with one attached hydrogen (secondary N) is 1. The van der Waals surface area contributed by atoms with Crippen molar-refractivity contribution in [3.63, 3.8) is 0 Å². The Hall–Kier alpha value is -2.67. The number of hydrogen-bond donors (Lipinski definition) is 1. The van der Waals surface area contributed by atoms with Crippen LogP contribution in [0.2, 0.25) is 0 Å². The molecule has 0 atom stereocenters. The van der Waals surface area contributed by atoms with Gasteiger partial charge in [-0.05, 0) is 81.0 Å². The number of benzene rings is 2. The molecule has 1 heterocycles. The predicted molar refractivity (Wildman–Crippen MR) is 125 cm³/mol. The number of anilines is 1. The summed E-state index contributed by atoms with van der Waals surface area (Å²) in [6.45, 7) is 5.17. The molecule has 2 amide bonds. The molecule has 7 heteroatoms. The van der Waals surface area contributed by atoms with Crippen LogP contribution >= 0.6 is 0 Å². The van der Waals surface area contributed by atoms with Crippen LogP contribution in [0.4, 0.5) is 5.69 Å². The number of aryl methyl sites for hydroxylation is 2. The van der Waals surface area contributed by atoms with E-state index >= 15 is 0 Å². The van der Waals surface area contributed by atoms with Crippen molar-refractivity contribution in [1.29, 1.82) is 0 Å². The second kappa shape index (κ2) is 8.70. The van der Waals surface area contributed by atoms with E-state index in [1.807, 2.05) is 17.9 Å². The average molecular weight is 455 g/mol. The monoisotopic (exact) mass is 454 g/mol. The van der Waals surface area contributed by atoms with Crippen LogP contribution in [-0.2, 0) is 14.6 Å². The lowest BCUT2D eigenvalue weighted by Crippen LogP contribution is -2.47. The fourth-order valence-electron chi connectivity index (χ4n) is 4.82. The van der Waals surface area contributed by atoms with Crippen LogP contribution in [0.15, 0.2) is 47.4 Å². The quantitative estimate of drug-likeness (QED) is 0.732. The van der Waals surface area contributed by atoms with E-state index in [2.05, 4.69) is 5.32 Å². The van der Waals surface area contributed by atoms with Gasteiger partial charge in [0, 0.05) is 24.3 Å². The molecule has 0 spiro atoms. The number of carbonyl (C=O) groups is 2. The molecule has 170 valence electrons. The standard InChI is InChI=1S/C25H30N2O4S/c1-18-7-8-19(2)22(17-18)32(30,31)25(13-3-4-14-25)24(29)26-21-11-9-20(10-12-21)23(28)27-15-5-6-16-27/h7-12,17H,3-6,13-16H2,1-2H3,(H,26,29). The summed E-state index contributed by atoms with van der Waals surface area (Å²) in [5.41, 5.74) is 2.57. The number of rotatable bonds is 5. The molecule has 0 aromatic heterocycles. The van der Waals surface area contributed by atoms with Gasteiger partial charge in [-0.3, -0.25) is 9.59 Å². The molecule has 1 saturated heterocycles. The topological polar surface area (TPSA) is 83.5 Å². The number of likely N-dealkylation sites (tertiary alicyclic amines) is 1. The molecule has 6 nitrogen and oxygen atoms in total. The van der Waals surface area contributed by atoms with Gasteiger partial charge in [0.1, 0.15) is 0 Å². The zero-order valence-corrected chi connectivity index (χ0v) is 19.5. The Morgan fingerprint density at radius 3 is 2.16 bits per heavy atom. The molecule has 1 saturated carbocycles. The first-order valence-electron chi connectivity index (χ1n) is 11.3. The first kappa shape index (κ1) is 22.5. The van der Waals surface area contributed by atoms with E-state index in [4.69, 9.17) is 0 Å². The van der Waals surface area contributed by atoms with Crippen molar-refractivity contribution < 1.29 is 18.0 Å². The Morgan fingerprint density at radius 2 is 1.53 bits per heavy atom. The van der Waals surface area contributed by atoms with Gasteiger partial charge >= 0.3 is 0 Å². The molecule has 1 N–H and O–H groups in total. The highest BCUT2D eigenvalue weighted by Crippen LogP contribution is 2.42. The highest BCUT2D eigenvalue weighted by atomic mass is 32.2. The van der Waals surface area contributed by atoms with Gasteiger partial charge in [-0.1, -0.05) is 25.0 Å². The molecule has 32 heavy (non-hydrogen) atoms. The number of amides is 2. The Kier molecular flexibility index (Phi) is 6.12. The minimum atomic E-state index is -3.88. The number of carbonyl (C=O) groups excluding carboxylic acids is 2. The van der Waals surface area contributed by atoms with E-state index in [0.717, 1.165) is 31.5 Å². The molecule has 0 bridgehead atoms. The summed E-state index contributed by atoms with van der Waals surface area (Å²) in [4.78, 5) is 28.0. The summed E-state index contributed by atoms with van der Waals surface area (Å²) in [6, 6.07) is 12.1. The Balaban J connectivity index is 1.59. The molecular weight excluding hydrogens is 424 g/mol. The lowest BCUT2D eigenvalue weighted by Gasteiger charge is -2.28. The summed E-state index contributed by atoms with van der Waals surface area (Å²) >= 11 is 0. The van der Waals surface area contributed by atoms with Crippen molar-refractivity contribution in [1.82, 2.24) is 4.90 Å². The van der Waals surface area contributed by atoms with Gasteiger partial charge in [0.05, 0.1) is 4.90 Å². The highest BCUT2D eigenvalue weighted by Gasteiger charge is 2.53. The maximum Gasteiger partial charge on any atom is 0.253 e. The van der Waals surface area contributed by atoms with Crippen molar-refractivity contribution >= 4 is 27.3 Å². The zero-order valence-electron chi connectivity index (χ0n) is 18.7. The average Bonchev–Trinajstić information content (AvgIpc) is 3.48. The van der Waals surface area contributed by atoms with Gasteiger partial charge in [0.2, 0.25) is 5.91 Å². The van der Waals surface area contributed by atoms with E-state index in [1.165, 1.54) is 0 Å². The van der Waals surface area contributed by atoms with Gasteiger partial charge < -0.3 is 10.2 Å². The van der Waals surface area contributed by atoms with Crippen LogP contribution in [-0.4, -0.2) is 43.0 Å². The van der Waals surface area contributed by atoms with Crippen LogP contribution in [0, 0.1) is 13.8 Å². The first-order chi connectivity index (χ1) is 15.2. The fraction of sp³-hybridized carbons (Fsp3) is 0.440. The van der Waals surface area contributed by atoms with Crippen molar-refractivity contribution in [2.45, 2.75) is 62.0 Å². The summed E-state index contributed by atoms with van der Waals surface area (Å²) in [6.07, 6.45) is 4.05. The van der Waals surface area contributed by atoms with Gasteiger partial charge in [0.25, 0.3) is 5.91 Å². The van der Waals surface area contributed by atoms with Crippen LogP contribution in [0.1, 0.15) is 60.0 Å². The first-order valence-corrected chi connectivity index (χ1v) is 12.8. The van der Waals surface area contributed by atoms with Crippen molar-refractivity contribution in [3.8, 4) is 0 Å². The lowest BCUT2D eigenvalue weighted by atomic mass is 10.1. The molecule has 4 rings (SSSR count). The summed E-state index contributed by atoms with van der Waals surface area (Å²) in [5, 5.41) is 2.83.